The number of hydrogen-bond donors (Lipinski definition) is 1. The number of carbonyl (C=O) groups is 1. The first-order chi connectivity index (χ1) is 9.19. The van der Waals surface area contributed by atoms with Crippen LogP contribution in [0.15, 0.2) is 0 Å². The predicted molar refractivity (Wildman–Crippen MR) is 75.8 cm³/mol. The van der Waals surface area contributed by atoms with E-state index >= 15 is 0 Å². The van der Waals surface area contributed by atoms with E-state index in [1.165, 1.54) is 0 Å². The first-order valence-electron chi connectivity index (χ1n) is 7.85. The molecule has 0 spiro atoms. The van der Waals surface area contributed by atoms with Gasteiger partial charge in [0, 0.05) is 18.6 Å². The lowest BCUT2D eigenvalue weighted by molar-refractivity contribution is -0.133. The largest absolute Gasteiger partial charge is 0.381 e. The first-order valence-corrected chi connectivity index (χ1v) is 7.85. The highest BCUT2D eigenvalue weighted by molar-refractivity contribution is 5.84. The minimum absolute atomic E-state index is 0.0367. The Bertz CT molecular complexity index is 303. The zero-order valence-electron chi connectivity index (χ0n) is 12.5. The SMILES string of the molecule is CCCCC1NC(CC)N(C(C)C2CCOC2)C1=O. The van der Waals surface area contributed by atoms with Gasteiger partial charge in [-0.25, -0.2) is 0 Å². The molecule has 0 aliphatic carbocycles. The molecule has 0 bridgehead atoms. The quantitative estimate of drug-likeness (QED) is 0.802. The maximum atomic E-state index is 12.6. The Hall–Kier alpha value is -0.610. The summed E-state index contributed by atoms with van der Waals surface area (Å²) in [6, 6.07) is 0.328. The Labute approximate surface area is 116 Å². The van der Waals surface area contributed by atoms with Crippen LogP contribution in [0, 0.1) is 5.92 Å². The summed E-state index contributed by atoms with van der Waals surface area (Å²) in [6.07, 6.45) is 5.51. The minimum Gasteiger partial charge on any atom is -0.381 e. The van der Waals surface area contributed by atoms with E-state index < -0.39 is 0 Å². The maximum absolute atomic E-state index is 12.6. The van der Waals surface area contributed by atoms with Gasteiger partial charge < -0.3 is 9.64 Å². The predicted octanol–water partition coefficient (Wildman–Crippen LogP) is 2.14. The number of nitrogens with zero attached hydrogens (tertiary/aromatic N) is 1. The Morgan fingerprint density at radius 3 is 2.84 bits per heavy atom. The molecule has 0 aromatic carbocycles. The molecule has 110 valence electrons. The van der Waals surface area contributed by atoms with E-state index in [1.54, 1.807) is 0 Å². The third kappa shape index (κ3) is 3.11. The molecule has 0 radical (unpaired) electrons. The number of ether oxygens (including phenoxy) is 1. The van der Waals surface area contributed by atoms with Crippen LogP contribution in [0.2, 0.25) is 0 Å². The van der Waals surface area contributed by atoms with Gasteiger partial charge in [0.05, 0.1) is 18.8 Å². The minimum atomic E-state index is 0.0367. The van der Waals surface area contributed by atoms with Crippen molar-refractivity contribution in [2.45, 2.75) is 71.1 Å². The lowest BCUT2D eigenvalue weighted by Gasteiger charge is -2.33. The van der Waals surface area contributed by atoms with E-state index in [-0.39, 0.29) is 12.2 Å². The number of amides is 1. The van der Waals surface area contributed by atoms with Crippen molar-refractivity contribution in [3.05, 3.63) is 0 Å². The van der Waals surface area contributed by atoms with E-state index in [1.807, 2.05) is 0 Å². The van der Waals surface area contributed by atoms with Gasteiger partial charge in [-0.15, -0.1) is 0 Å². The Morgan fingerprint density at radius 1 is 1.47 bits per heavy atom. The second-order valence-corrected chi connectivity index (χ2v) is 5.90. The van der Waals surface area contributed by atoms with Crippen LogP contribution in [0.3, 0.4) is 0 Å². The molecule has 0 aromatic heterocycles. The molecule has 4 nitrogen and oxygen atoms in total. The fraction of sp³-hybridized carbons (Fsp3) is 0.933. The van der Waals surface area contributed by atoms with Crippen LogP contribution in [0.5, 0.6) is 0 Å². The maximum Gasteiger partial charge on any atom is 0.241 e. The molecule has 4 atom stereocenters. The molecule has 0 saturated carbocycles. The standard InChI is InChI=1S/C15H28N2O2/c1-4-6-7-13-15(18)17(14(5-2)16-13)11(3)12-8-9-19-10-12/h11-14,16H,4-10H2,1-3H3. The van der Waals surface area contributed by atoms with E-state index in [9.17, 15) is 4.79 Å². The van der Waals surface area contributed by atoms with Crippen LogP contribution in [0.4, 0.5) is 0 Å². The van der Waals surface area contributed by atoms with Crippen molar-refractivity contribution in [2.75, 3.05) is 13.2 Å². The molecular weight excluding hydrogens is 240 g/mol. The van der Waals surface area contributed by atoms with Crippen LogP contribution < -0.4 is 5.32 Å². The molecule has 2 rings (SSSR count). The summed E-state index contributed by atoms with van der Waals surface area (Å²) < 4.78 is 5.48. The van der Waals surface area contributed by atoms with E-state index in [2.05, 4.69) is 31.0 Å². The summed E-state index contributed by atoms with van der Waals surface area (Å²) in [5.74, 6) is 0.810. The van der Waals surface area contributed by atoms with Gasteiger partial charge in [0.2, 0.25) is 5.91 Å². The summed E-state index contributed by atoms with van der Waals surface area (Å²) in [7, 11) is 0. The summed E-state index contributed by atoms with van der Waals surface area (Å²) in [4.78, 5) is 14.7. The van der Waals surface area contributed by atoms with Gasteiger partial charge >= 0.3 is 0 Å². The van der Waals surface area contributed by atoms with Crippen LogP contribution in [0.1, 0.15) is 52.9 Å². The number of unbranched alkanes of at least 4 members (excludes halogenated alkanes) is 1. The third-order valence-corrected chi connectivity index (χ3v) is 4.60. The van der Waals surface area contributed by atoms with Crippen molar-refractivity contribution in [1.82, 2.24) is 10.2 Å². The highest BCUT2D eigenvalue weighted by Crippen LogP contribution is 2.27. The van der Waals surface area contributed by atoms with Crippen molar-refractivity contribution in [3.8, 4) is 0 Å². The van der Waals surface area contributed by atoms with Crippen molar-refractivity contribution in [1.29, 1.82) is 0 Å². The smallest absolute Gasteiger partial charge is 0.241 e. The Kier molecular flexibility index (Phi) is 5.22. The topological polar surface area (TPSA) is 41.6 Å². The number of carbonyl (C=O) groups excluding carboxylic acids is 1. The van der Waals surface area contributed by atoms with Gasteiger partial charge in [-0.3, -0.25) is 10.1 Å². The molecule has 2 heterocycles. The Morgan fingerprint density at radius 2 is 2.26 bits per heavy atom. The van der Waals surface area contributed by atoms with Crippen molar-refractivity contribution < 1.29 is 9.53 Å². The van der Waals surface area contributed by atoms with Gasteiger partial charge in [0.25, 0.3) is 0 Å². The second-order valence-electron chi connectivity index (χ2n) is 5.90. The molecule has 0 aromatic rings. The molecule has 2 aliphatic heterocycles. The lowest BCUT2D eigenvalue weighted by atomic mass is 9.98. The van der Waals surface area contributed by atoms with Gasteiger partial charge in [-0.05, 0) is 26.2 Å². The summed E-state index contributed by atoms with van der Waals surface area (Å²) >= 11 is 0. The van der Waals surface area contributed by atoms with E-state index in [0.717, 1.165) is 45.3 Å². The van der Waals surface area contributed by atoms with Crippen LogP contribution in [-0.2, 0) is 9.53 Å². The summed E-state index contributed by atoms with van der Waals surface area (Å²) in [6.45, 7) is 8.16. The zero-order chi connectivity index (χ0) is 13.8. The summed E-state index contributed by atoms with van der Waals surface area (Å²) in [5.41, 5.74) is 0. The van der Waals surface area contributed by atoms with Gasteiger partial charge in [-0.2, -0.15) is 0 Å². The molecule has 2 aliphatic rings. The zero-order valence-corrected chi connectivity index (χ0v) is 12.5. The van der Waals surface area contributed by atoms with Crippen LogP contribution in [-0.4, -0.2) is 42.3 Å². The molecule has 1 amide bonds. The molecule has 2 saturated heterocycles. The first kappa shape index (κ1) is 14.8. The average molecular weight is 268 g/mol. The normalized spacial score (nSPS) is 33.1. The molecule has 1 N–H and O–H groups in total. The monoisotopic (exact) mass is 268 g/mol. The number of rotatable bonds is 6. The fourth-order valence-electron chi connectivity index (χ4n) is 3.29. The van der Waals surface area contributed by atoms with E-state index in [4.69, 9.17) is 4.74 Å². The van der Waals surface area contributed by atoms with Crippen LogP contribution >= 0.6 is 0 Å². The highest BCUT2D eigenvalue weighted by Gasteiger charge is 2.42. The molecule has 2 fully saturated rings. The number of nitrogens with one attached hydrogen (secondary N) is 1. The lowest BCUT2D eigenvalue weighted by Crippen LogP contribution is -2.46. The van der Waals surface area contributed by atoms with Gasteiger partial charge in [0.15, 0.2) is 0 Å². The fourth-order valence-corrected chi connectivity index (χ4v) is 3.29. The van der Waals surface area contributed by atoms with Crippen LogP contribution in [0.25, 0.3) is 0 Å². The van der Waals surface area contributed by atoms with E-state index in [0.29, 0.717) is 17.9 Å². The average Bonchev–Trinajstić information content (AvgIpc) is 3.04. The van der Waals surface area contributed by atoms with Gasteiger partial charge in [-0.1, -0.05) is 26.7 Å². The molecule has 19 heavy (non-hydrogen) atoms. The highest BCUT2D eigenvalue weighted by atomic mass is 16.5. The third-order valence-electron chi connectivity index (χ3n) is 4.60. The molecular formula is C15H28N2O2. The van der Waals surface area contributed by atoms with Gasteiger partial charge in [0.1, 0.15) is 0 Å². The molecule has 4 heteroatoms. The molecule has 4 unspecified atom stereocenters. The number of hydrogen-bond acceptors (Lipinski definition) is 3. The summed E-state index contributed by atoms with van der Waals surface area (Å²) in [5, 5.41) is 3.52. The van der Waals surface area contributed by atoms with Crippen molar-refractivity contribution in [2.24, 2.45) is 5.92 Å². The van der Waals surface area contributed by atoms with Crippen molar-refractivity contribution in [3.63, 3.8) is 0 Å². The second kappa shape index (κ2) is 6.71. The Balaban J connectivity index is 2.02. The van der Waals surface area contributed by atoms with Crippen molar-refractivity contribution >= 4 is 5.91 Å².